The van der Waals surface area contributed by atoms with Crippen LogP contribution in [0.2, 0.25) is 0 Å². The van der Waals surface area contributed by atoms with Crippen molar-refractivity contribution >= 4 is 23.2 Å². The van der Waals surface area contributed by atoms with Crippen LogP contribution in [0.15, 0.2) is 54.6 Å². The number of para-hydroxylation sites is 1. The molecule has 0 aliphatic carbocycles. The minimum atomic E-state index is -0.510. The van der Waals surface area contributed by atoms with Gasteiger partial charge in [-0.1, -0.05) is 30.3 Å². The number of methoxy groups -OCH3 is 1. The summed E-state index contributed by atoms with van der Waals surface area (Å²) in [5.41, 5.74) is 2.95. The lowest BCUT2D eigenvalue weighted by Gasteiger charge is -2.18. The van der Waals surface area contributed by atoms with E-state index in [1.165, 1.54) is 25.0 Å². The Balaban J connectivity index is 1.71. The van der Waals surface area contributed by atoms with E-state index in [-0.39, 0.29) is 23.3 Å². The summed E-state index contributed by atoms with van der Waals surface area (Å²) in [7, 11) is 1.50. The third-order valence-corrected chi connectivity index (χ3v) is 5.48. The molecule has 0 aromatic heterocycles. The smallest absolute Gasteiger partial charge is 0.227 e. The van der Waals surface area contributed by atoms with Gasteiger partial charge in [-0.15, -0.1) is 0 Å². The van der Waals surface area contributed by atoms with E-state index in [1.807, 2.05) is 0 Å². The number of carbonyl (C=O) groups excluding carboxylic acids is 2. The molecular formula is C25H23FN2O4. The van der Waals surface area contributed by atoms with Gasteiger partial charge in [0, 0.05) is 31.0 Å². The Morgan fingerprint density at radius 2 is 1.78 bits per heavy atom. The maximum atomic E-state index is 14.8. The number of anilines is 2. The Morgan fingerprint density at radius 1 is 1.09 bits per heavy atom. The van der Waals surface area contributed by atoms with Gasteiger partial charge in [0.1, 0.15) is 17.3 Å². The van der Waals surface area contributed by atoms with Crippen molar-refractivity contribution in [1.82, 2.24) is 0 Å². The summed E-state index contributed by atoms with van der Waals surface area (Å²) in [4.78, 5) is 24.8. The van der Waals surface area contributed by atoms with Crippen molar-refractivity contribution in [2.75, 3.05) is 23.9 Å². The average molecular weight is 434 g/mol. The van der Waals surface area contributed by atoms with E-state index in [0.29, 0.717) is 53.1 Å². The third-order valence-electron chi connectivity index (χ3n) is 5.48. The number of hydrogen-bond acceptors (Lipinski definition) is 4. The molecule has 4 rings (SSSR count). The molecule has 0 bridgehead atoms. The van der Waals surface area contributed by atoms with Gasteiger partial charge in [0.05, 0.1) is 18.5 Å². The van der Waals surface area contributed by atoms with Gasteiger partial charge in [-0.25, -0.2) is 4.39 Å². The zero-order valence-corrected chi connectivity index (χ0v) is 17.8. The maximum Gasteiger partial charge on any atom is 0.227 e. The maximum absolute atomic E-state index is 14.8. The predicted molar refractivity (Wildman–Crippen MR) is 121 cm³/mol. The molecule has 0 spiro atoms. The van der Waals surface area contributed by atoms with Gasteiger partial charge in [-0.2, -0.15) is 0 Å². The number of rotatable bonds is 5. The van der Waals surface area contributed by atoms with Gasteiger partial charge < -0.3 is 20.1 Å². The van der Waals surface area contributed by atoms with Crippen LogP contribution in [0.4, 0.5) is 15.8 Å². The fourth-order valence-corrected chi connectivity index (χ4v) is 3.96. The van der Waals surface area contributed by atoms with Crippen LogP contribution in [-0.4, -0.2) is 30.6 Å². The molecule has 2 N–H and O–H groups in total. The van der Waals surface area contributed by atoms with Crippen molar-refractivity contribution in [3.05, 3.63) is 60.4 Å². The van der Waals surface area contributed by atoms with Gasteiger partial charge in [0.15, 0.2) is 0 Å². The summed E-state index contributed by atoms with van der Waals surface area (Å²) in [6.07, 6.45) is 1.14. The summed E-state index contributed by atoms with van der Waals surface area (Å²) >= 11 is 0. The van der Waals surface area contributed by atoms with E-state index >= 15 is 0 Å². The highest BCUT2D eigenvalue weighted by atomic mass is 19.1. The number of carbonyl (C=O) groups is 2. The molecular weight excluding hydrogens is 411 g/mol. The number of phenols is 1. The number of nitrogens with one attached hydrogen (secondary N) is 1. The second kappa shape index (κ2) is 8.70. The lowest BCUT2D eigenvalue weighted by atomic mass is 9.96. The summed E-state index contributed by atoms with van der Waals surface area (Å²) in [5, 5.41) is 13.7. The van der Waals surface area contributed by atoms with Crippen LogP contribution in [0.25, 0.3) is 22.3 Å². The molecule has 0 radical (unpaired) electrons. The summed E-state index contributed by atoms with van der Waals surface area (Å²) in [5.74, 6) is -0.372. The van der Waals surface area contributed by atoms with E-state index in [1.54, 1.807) is 48.5 Å². The Morgan fingerprint density at radius 3 is 2.38 bits per heavy atom. The lowest BCUT2D eigenvalue weighted by Crippen LogP contribution is -2.24. The SMILES string of the molecule is COc1cc(-c2cccc(-c3ccc(N4CCCC4=O)c(F)c3)c2O)ccc1NC(C)=O. The number of hydrogen-bond donors (Lipinski definition) is 2. The van der Waals surface area contributed by atoms with E-state index in [9.17, 15) is 19.1 Å². The number of aromatic hydroxyl groups is 1. The summed E-state index contributed by atoms with van der Waals surface area (Å²) < 4.78 is 20.2. The second-order valence-electron chi connectivity index (χ2n) is 7.61. The number of phenolic OH excluding ortho intramolecular Hbond substituents is 1. The van der Waals surface area contributed by atoms with E-state index in [2.05, 4.69) is 5.32 Å². The first kappa shape index (κ1) is 21.4. The first-order valence-electron chi connectivity index (χ1n) is 10.3. The topological polar surface area (TPSA) is 78.9 Å². The Kier molecular flexibility index (Phi) is 5.81. The second-order valence-corrected chi connectivity index (χ2v) is 7.61. The standard InChI is InChI=1S/C25H23FN2O4/c1-15(29)27-21-10-8-17(14-23(21)32-2)19-6-3-5-18(25(19)31)16-9-11-22(20(26)13-16)28-12-4-7-24(28)30/h3,5-6,8-11,13-14,31H,4,7,12H2,1-2H3,(H,27,29). The number of amides is 2. The molecule has 2 amide bonds. The zero-order valence-electron chi connectivity index (χ0n) is 17.8. The van der Waals surface area contributed by atoms with E-state index in [0.717, 1.165) is 0 Å². The highest BCUT2D eigenvalue weighted by Crippen LogP contribution is 2.41. The number of halogens is 1. The first-order chi connectivity index (χ1) is 15.4. The first-order valence-corrected chi connectivity index (χ1v) is 10.3. The van der Waals surface area contributed by atoms with Crippen LogP contribution in [0.5, 0.6) is 11.5 Å². The summed E-state index contributed by atoms with van der Waals surface area (Å²) in [6.45, 7) is 1.92. The van der Waals surface area contributed by atoms with Crippen molar-refractivity contribution in [1.29, 1.82) is 0 Å². The van der Waals surface area contributed by atoms with Gasteiger partial charge in [-0.3, -0.25) is 9.59 Å². The molecule has 164 valence electrons. The molecule has 1 saturated heterocycles. The van der Waals surface area contributed by atoms with Crippen molar-refractivity contribution in [3.8, 4) is 33.8 Å². The fraction of sp³-hybridized carbons (Fsp3) is 0.200. The molecule has 7 heteroatoms. The molecule has 1 fully saturated rings. The molecule has 0 saturated carbocycles. The highest BCUT2D eigenvalue weighted by molar-refractivity contribution is 5.96. The fourth-order valence-electron chi connectivity index (χ4n) is 3.96. The molecule has 0 atom stereocenters. The van der Waals surface area contributed by atoms with Gasteiger partial charge >= 0.3 is 0 Å². The quantitative estimate of drug-likeness (QED) is 0.595. The van der Waals surface area contributed by atoms with Crippen LogP contribution in [-0.2, 0) is 9.59 Å². The number of nitrogens with zero attached hydrogens (tertiary/aromatic N) is 1. The molecule has 6 nitrogen and oxygen atoms in total. The molecule has 3 aromatic carbocycles. The Labute approximate surface area is 185 Å². The van der Waals surface area contributed by atoms with E-state index in [4.69, 9.17) is 4.74 Å². The lowest BCUT2D eigenvalue weighted by molar-refractivity contribution is -0.117. The van der Waals surface area contributed by atoms with Gasteiger partial charge in [0.25, 0.3) is 0 Å². The molecule has 3 aromatic rings. The van der Waals surface area contributed by atoms with Gasteiger partial charge in [-0.05, 0) is 41.8 Å². The van der Waals surface area contributed by atoms with E-state index < -0.39 is 5.82 Å². The van der Waals surface area contributed by atoms with Crippen LogP contribution in [0.1, 0.15) is 19.8 Å². The summed E-state index contributed by atoms with van der Waals surface area (Å²) in [6, 6.07) is 15.0. The van der Waals surface area contributed by atoms with Gasteiger partial charge in [0.2, 0.25) is 11.8 Å². The van der Waals surface area contributed by atoms with Crippen LogP contribution in [0, 0.1) is 5.82 Å². The van der Waals surface area contributed by atoms with Crippen LogP contribution >= 0.6 is 0 Å². The third kappa shape index (κ3) is 4.01. The number of ether oxygens (including phenoxy) is 1. The predicted octanol–water partition coefficient (Wildman–Crippen LogP) is 4.96. The Bertz CT molecular complexity index is 1210. The normalized spacial score (nSPS) is 13.3. The average Bonchev–Trinajstić information content (AvgIpc) is 3.19. The van der Waals surface area contributed by atoms with Crippen LogP contribution in [0.3, 0.4) is 0 Å². The zero-order chi connectivity index (χ0) is 22.8. The molecule has 0 unspecified atom stereocenters. The minimum Gasteiger partial charge on any atom is -0.507 e. The van der Waals surface area contributed by atoms with Crippen molar-refractivity contribution in [3.63, 3.8) is 0 Å². The Hall–Kier alpha value is -3.87. The van der Waals surface area contributed by atoms with Crippen LogP contribution < -0.4 is 15.0 Å². The molecule has 1 aliphatic rings. The molecule has 32 heavy (non-hydrogen) atoms. The van der Waals surface area contributed by atoms with Crippen molar-refractivity contribution < 1.29 is 23.8 Å². The van der Waals surface area contributed by atoms with Crippen molar-refractivity contribution in [2.24, 2.45) is 0 Å². The number of benzene rings is 3. The largest absolute Gasteiger partial charge is 0.507 e. The highest BCUT2D eigenvalue weighted by Gasteiger charge is 2.24. The minimum absolute atomic E-state index is 0.00812. The van der Waals surface area contributed by atoms with Crippen molar-refractivity contribution in [2.45, 2.75) is 19.8 Å². The molecule has 1 heterocycles. The monoisotopic (exact) mass is 434 g/mol. The molecule has 1 aliphatic heterocycles.